The Hall–Kier alpha value is -1.02. The molecule has 1 saturated carbocycles. The van der Waals surface area contributed by atoms with Gasteiger partial charge in [0.25, 0.3) is 0 Å². The summed E-state index contributed by atoms with van der Waals surface area (Å²) < 4.78 is 0. The minimum atomic E-state index is 0.181. The van der Waals surface area contributed by atoms with Crippen LogP contribution in [0.2, 0.25) is 0 Å². The first-order valence-corrected chi connectivity index (χ1v) is 7.57. The summed E-state index contributed by atoms with van der Waals surface area (Å²) in [6, 6.07) is 9.05. The molecule has 1 N–H and O–H groups in total. The summed E-state index contributed by atoms with van der Waals surface area (Å²) in [4.78, 5) is 2.50. The molecule has 2 heteroatoms. The number of nitrogens with zero attached hydrogens (tertiary/aromatic N) is 1. The van der Waals surface area contributed by atoms with Crippen molar-refractivity contribution >= 4 is 5.69 Å². The van der Waals surface area contributed by atoms with Gasteiger partial charge in [-0.2, -0.15) is 0 Å². The Morgan fingerprint density at radius 2 is 1.79 bits per heavy atom. The zero-order valence-electron chi connectivity index (χ0n) is 12.9. The molecule has 106 valence electrons. The van der Waals surface area contributed by atoms with Gasteiger partial charge in [-0.1, -0.05) is 12.1 Å². The van der Waals surface area contributed by atoms with Crippen molar-refractivity contribution in [1.29, 1.82) is 0 Å². The topological polar surface area (TPSA) is 15.3 Å². The molecule has 0 atom stereocenters. The van der Waals surface area contributed by atoms with Crippen LogP contribution in [0.5, 0.6) is 0 Å². The monoisotopic (exact) mass is 260 g/mol. The molecule has 1 aliphatic carbocycles. The molecule has 2 nitrogen and oxygen atoms in total. The highest BCUT2D eigenvalue weighted by atomic mass is 15.1. The lowest BCUT2D eigenvalue weighted by atomic mass is 10.1. The molecule has 1 aliphatic rings. The summed E-state index contributed by atoms with van der Waals surface area (Å²) in [6.07, 6.45) is 2.84. The molecule has 1 fully saturated rings. The van der Waals surface area contributed by atoms with Crippen LogP contribution in [0.1, 0.15) is 46.1 Å². The Morgan fingerprint density at radius 3 is 2.26 bits per heavy atom. The first-order chi connectivity index (χ1) is 8.98. The zero-order chi connectivity index (χ0) is 13.9. The lowest BCUT2D eigenvalue weighted by molar-refractivity contribution is 0.424. The van der Waals surface area contributed by atoms with Gasteiger partial charge in [-0.15, -0.1) is 0 Å². The summed E-state index contributed by atoms with van der Waals surface area (Å²) in [7, 11) is 0. The van der Waals surface area contributed by atoms with Gasteiger partial charge in [-0.3, -0.25) is 0 Å². The lowest BCUT2D eigenvalue weighted by Crippen LogP contribution is -2.35. The van der Waals surface area contributed by atoms with E-state index in [-0.39, 0.29) is 5.54 Å². The molecule has 1 aromatic rings. The third-order valence-electron chi connectivity index (χ3n) is 3.68. The number of hydrogen-bond acceptors (Lipinski definition) is 2. The average molecular weight is 260 g/mol. The molecule has 0 heterocycles. The minimum Gasteiger partial charge on any atom is -0.372 e. The molecule has 0 amide bonds. The van der Waals surface area contributed by atoms with Gasteiger partial charge in [-0.25, -0.2) is 0 Å². The normalized spacial score (nSPS) is 15.6. The minimum absolute atomic E-state index is 0.181. The van der Waals surface area contributed by atoms with Crippen molar-refractivity contribution in [2.45, 2.75) is 52.6 Å². The first-order valence-electron chi connectivity index (χ1n) is 7.57. The van der Waals surface area contributed by atoms with E-state index in [9.17, 15) is 0 Å². The fraction of sp³-hybridized carbons (Fsp3) is 0.647. The molecule has 0 spiro atoms. The van der Waals surface area contributed by atoms with Crippen molar-refractivity contribution in [3.05, 3.63) is 29.8 Å². The summed E-state index contributed by atoms with van der Waals surface area (Å²) >= 11 is 0. The molecule has 0 aliphatic heterocycles. The molecule has 19 heavy (non-hydrogen) atoms. The van der Waals surface area contributed by atoms with Gasteiger partial charge in [-0.05, 0) is 64.2 Å². The second kappa shape index (κ2) is 5.96. The van der Waals surface area contributed by atoms with Gasteiger partial charge in [0, 0.05) is 30.9 Å². The van der Waals surface area contributed by atoms with E-state index in [4.69, 9.17) is 0 Å². The van der Waals surface area contributed by atoms with Crippen molar-refractivity contribution in [1.82, 2.24) is 5.32 Å². The Labute approximate surface area is 118 Å². The highest BCUT2D eigenvalue weighted by Crippen LogP contribution is 2.31. The largest absolute Gasteiger partial charge is 0.372 e. The summed E-state index contributed by atoms with van der Waals surface area (Å²) in [6.45, 7) is 12.1. The zero-order valence-corrected chi connectivity index (χ0v) is 12.9. The standard InChI is InChI=1S/C17H28N2/c1-5-19(13-15-6-7-15)16-10-8-14(9-11-16)12-18-17(2,3)4/h8-11,15,18H,5-7,12-13H2,1-4H3. The van der Waals surface area contributed by atoms with Gasteiger partial charge in [0.2, 0.25) is 0 Å². The number of rotatable bonds is 6. The maximum absolute atomic E-state index is 3.53. The predicted molar refractivity (Wildman–Crippen MR) is 83.6 cm³/mol. The number of benzene rings is 1. The van der Waals surface area contributed by atoms with E-state index < -0.39 is 0 Å². The Morgan fingerprint density at radius 1 is 1.16 bits per heavy atom. The third-order valence-corrected chi connectivity index (χ3v) is 3.68. The quantitative estimate of drug-likeness (QED) is 0.836. The highest BCUT2D eigenvalue weighted by Gasteiger charge is 2.23. The van der Waals surface area contributed by atoms with Crippen LogP contribution < -0.4 is 10.2 Å². The van der Waals surface area contributed by atoms with Gasteiger partial charge in [0.15, 0.2) is 0 Å². The SMILES string of the molecule is CCN(CC1CC1)c1ccc(CNC(C)(C)C)cc1. The van der Waals surface area contributed by atoms with Gasteiger partial charge < -0.3 is 10.2 Å². The average Bonchev–Trinajstić information content (AvgIpc) is 3.17. The molecule has 1 aromatic carbocycles. The third kappa shape index (κ3) is 4.87. The second-order valence-corrected chi connectivity index (χ2v) is 6.75. The van der Waals surface area contributed by atoms with E-state index in [1.165, 1.54) is 30.6 Å². The van der Waals surface area contributed by atoms with Gasteiger partial charge in [0.05, 0.1) is 0 Å². The number of hydrogen-bond donors (Lipinski definition) is 1. The molecule has 0 aromatic heterocycles. The van der Waals surface area contributed by atoms with Crippen LogP contribution in [0.4, 0.5) is 5.69 Å². The van der Waals surface area contributed by atoms with Crippen molar-refractivity contribution in [3.8, 4) is 0 Å². The fourth-order valence-electron chi connectivity index (χ4n) is 2.22. The molecule has 0 bridgehead atoms. The van der Waals surface area contributed by atoms with Crippen LogP contribution in [-0.4, -0.2) is 18.6 Å². The van der Waals surface area contributed by atoms with Gasteiger partial charge >= 0.3 is 0 Å². The van der Waals surface area contributed by atoms with E-state index in [1.807, 2.05) is 0 Å². The van der Waals surface area contributed by atoms with E-state index in [2.05, 4.69) is 62.2 Å². The van der Waals surface area contributed by atoms with Crippen LogP contribution >= 0.6 is 0 Å². The van der Waals surface area contributed by atoms with Crippen LogP contribution in [0.15, 0.2) is 24.3 Å². The Bertz CT molecular complexity index is 385. The van der Waals surface area contributed by atoms with E-state index in [0.29, 0.717) is 0 Å². The number of nitrogens with one attached hydrogen (secondary N) is 1. The molecular formula is C17H28N2. The van der Waals surface area contributed by atoms with Crippen LogP contribution in [0.3, 0.4) is 0 Å². The van der Waals surface area contributed by atoms with E-state index >= 15 is 0 Å². The summed E-state index contributed by atoms with van der Waals surface area (Å²) in [5, 5.41) is 3.53. The van der Waals surface area contributed by atoms with Crippen molar-refractivity contribution in [2.24, 2.45) is 5.92 Å². The smallest absolute Gasteiger partial charge is 0.0366 e. The summed E-state index contributed by atoms with van der Waals surface area (Å²) in [5.74, 6) is 0.946. The number of anilines is 1. The molecule has 0 saturated heterocycles. The van der Waals surface area contributed by atoms with Crippen LogP contribution in [0.25, 0.3) is 0 Å². The first kappa shape index (κ1) is 14.4. The van der Waals surface area contributed by atoms with Crippen LogP contribution in [-0.2, 0) is 6.54 Å². The highest BCUT2D eigenvalue weighted by molar-refractivity contribution is 5.47. The Kier molecular flexibility index (Phi) is 4.51. The maximum Gasteiger partial charge on any atom is 0.0366 e. The lowest BCUT2D eigenvalue weighted by Gasteiger charge is -2.24. The van der Waals surface area contributed by atoms with E-state index in [0.717, 1.165) is 19.0 Å². The fourth-order valence-corrected chi connectivity index (χ4v) is 2.22. The Balaban J connectivity index is 1.92. The molecule has 0 unspecified atom stereocenters. The molecule has 0 radical (unpaired) electrons. The molecular weight excluding hydrogens is 232 g/mol. The summed E-state index contributed by atoms with van der Waals surface area (Å²) in [5.41, 5.74) is 2.91. The van der Waals surface area contributed by atoms with Gasteiger partial charge in [0.1, 0.15) is 0 Å². The van der Waals surface area contributed by atoms with Crippen molar-refractivity contribution < 1.29 is 0 Å². The van der Waals surface area contributed by atoms with Crippen LogP contribution in [0, 0.1) is 5.92 Å². The predicted octanol–water partition coefficient (Wildman–Crippen LogP) is 3.81. The van der Waals surface area contributed by atoms with E-state index in [1.54, 1.807) is 0 Å². The second-order valence-electron chi connectivity index (χ2n) is 6.75. The maximum atomic E-state index is 3.53. The van der Waals surface area contributed by atoms with Crippen molar-refractivity contribution in [3.63, 3.8) is 0 Å². The van der Waals surface area contributed by atoms with Crippen molar-refractivity contribution in [2.75, 3.05) is 18.0 Å². The molecule has 2 rings (SSSR count).